The molecule has 0 aromatic carbocycles. The standard InChI is InChI=1S/C10H23N3O4S2.ClH/c1-3-18(14,15)12-6-7-19(16,17)13-10-8-11-5-4-9(10)2;/h9-13H,3-8H2,1-2H3;1H. The topological polar surface area (TPSA) is 104 Å². The molecule has 0 saturated carbocycles. The molecule has 1 aliphatic rings. The van der Waals surface area contributed by atoms with Crippen molar-refractivity contribution >= 4 is 32.5 Å². The summed E-state index contributed by atoms with van der Waals surface area (Å²) in [4.78, 5) is 0. The number of halogens is 1. The SMILES string of the molecule is CCS(=O)(=O)NCCS(=O)(=O)NC1CNCCC1C.Cl. The van der Waals surface area contributed by atoms with Crippen LogP contribution in [0.3, 0.4) is 0 Å². The second-order valence-corrected chi connectivity index (χ2v) is 8.78. The van der Waals surface area contributed by atoms with Crippen LogP contribution >= 0.6 is 12.4 Å². The van der Waals surface area contributed by atoms with Gasteiger partial charge in [0.2, 0.25) is 20.0 Å². The van der Waals surface area contributed by atoms with E-state index < -0.39 is 20.0 Å². The van der Waals surface area contributed by atoms with Crippen molar-refractivity contribution in [3.63, 3.8) is 0 Å². The molecule has 2 unspecified atom stereocenters. The van der Waals surface area contributed by atoms with E-state index in [1.807, 2.05) is 6.92 Å². The van der Waals surface area contributed by atoms with Crippen molar-refractivity contribution < 1.29 is 16.8 Å². The Morgan fingerprint density at radius 3 is 2.40 bits per heavy atom. The summed E-state index contributed by atoms with van der Waals surface area (Å²) in [5, 5.41) is 3.14. The van der Waals surface area contributed by atoms with Crippen LogP contribution in [0.4, 0.5) is 0 Å². The zero-order valence-corrected chi connectivity index (χ0v) is 14.2. The van der Waals surface area contributed by atoms with Gasteiger partial charge in [-0.2, -0.15) is 0 Å². The van der Waals surface area contributed by atoms with Crippen LogP contribution in [-0.4, -0.2) is 54.0 Å². The third-order valence-electron chi connectivity index (χ3n) is 3.23. The summed E-state index contributed by atoms with van der Waals surface area (Å²) in [5.74, 6) is -0.0113. The van der Waals surface area contributed by atoms with Gasteiger partial charge in [-0.25, -0.2) is 26.3 Å². The summed E-state index contributed by atoms with van der Waals surface area (Å²) in [6.07, 6.45) is 0.926. The monoisotopic (exact) mass is 349 g/mol. The van der Waals surface area contributed by atoms with Crippen molar-refractivity contribution in [2.75, 3.05) is 31.1 Å². The number of rotatable bonds is 7. The minimum absolute atomic E-state index is 0. The molecular weight excluding hydrogens is 326 g/mol. The quantitative estimate of drug-likeness (QED) is 0.562. The zero-order chi connectivity index (χ0) is 14.5. The van der Waals surface area contributed by atoms with E-state index in [4.69, 9.17) is 0 Å². The number of piperidine rings is 1. The number of hydrogen-bond acceptors (Lipinski definition) is 5. The Bertz CT molecular complexity index is 481. The van der Waals surface area contributed by atoms with Crippen LogP contribution in [-0.2, 0) is 20.0 Å². The number of sulfonamides is 2. The highest BCUT2D eigenvalue weighted by atomic mass is 35.5. The first-order valence-electron chi connectivity index (χ1n) is 6.44. The molecule has 1 rings (SSSR count). The molecule has 0 radical (unpaired) electrons. The summed E-state index contributed by atoms with van der Waals surface area (Å²) in [6, 6.07) is -0.124. The fourth-order valence-corrected chi connectivity index (χ4v) is 3.88. The molecule has 0 aromatic rings. The van der Waals surface area contributed by atoms with Gasteiger partial charge in [-0.05, 0) is 25.8 Å². The van der Waals surface area contributed by atoms with Gasteiger partial charge in [0.15, 0.2) is 0 Å². The van der Waals surface area contributed by atoms with Crippen LogP contribution in [0.15, 0.2) is 0 Å². The number of nitrogens with one attached hydrogen (secondary N) is 3. The molecule has 0 spiro atoms. The molecule has 0 aromatic heterocycles. The van der Waals surface area contributed by atoms with E-state index in [1.54, 1.807) is 0 Å². The van der Waals surface area contributed by atoms with Gasteiger partial charge in [0.1, 0.15) is 0 Å². The lowest BCUT2D eigenvalue weighted by Crippen LogP contribution is -2.51. The maximum atomic E-state index is 11.8. The molecule has 0 aliphatic carbocycles. The minimum atomic E-state index is -3.46. The Morgan fingerprint density at radius 1 is 1.20 bits per heavy atom. The third-order valence-corrected chi connectivity index (χ3v) is 6.04. The lowest BCUT2D eigenvalue weighted by molar-refractivity contribution is 0.327. The summed E-state index contributed by atoms with van der Waals surface area (Å²) in [7, 11) is -6.80. The first-order chi connectivity index (χ1) is 8.76. The van der Waals surface area contributed by atoms with Crippen molar-refractivity contribution in [3.8, 4) is 0 Å². The van der Waals surface area contributed by atoms with Gasteiger partial charge >= 0.3 is 0 Å². The van der Waals surface area contributed by atoms with Gasteiger partial charge in [0, 0.05) is 19.1 Å². The normalized spacial score (nSPS) is 24.1. The van der Waals surface area contributed by atoms with Crippen LogP contribution in [0, 0.1) is 5.92 Å². The highest BCUT2D eigenvalue weighted by Gasteiger charge is 2.25. The molecule has 1 aliphatic heterocycles. The molecule has 2 atom stereocenters. The fourth-order valence-electron chi connectivity index (χ4n) is 1.87. The predicted octanol–water partition coefficient (Wildman–Crippen LogP) is -0.735. The zero-order valence-electron chi connectivity index (χ0n) is 11.8. The Labute approximate surface area is 127 Å². The molecule has 1 fully saturated rings. The maximum absolute atomic E-state index is 11.8. The van der Waals surface area contributed by atoms with Crippen molar-refractivity contribution in [2.24, 2.45) is 5.92 Å². The van der Waals surface area contributed by atoms with Gasteiger partial charge in [-0.15, -0.1) is 12.4 Å². The van der Waals surface area contributed by atoms with Gasteiger partial charge in [0.05, 0.1) is 11.5 Å². The molecule has 122 valence electrons. The van der Waals surface area contributed by atoms with Gasteiger partial charge in [0.25, 0.3) is 0 Å². The first kappa shape index (κ1) is 20.1. The summed E-state index contributed by atoms with van der Waals surface area (Å²) in [6.45, 7) is 4.93. The molecule has 1 heterocycles. The first-order valence-corrected chi connectivity index (χ1v) is 9.74. The Morgan fingerprint density at radius 2 is 1.85 bits per heavy atom. The number of hydrogen-bond donors (Lipinski definition) is 3. The van der Waals surface area contributed by atoms with E-state index in [2.05, 4.69) is 14.8 Å². The molecule has 3 N–H and O–H groups in total. The van der Waals surface area contributed by atoms with E-state index >= 15 is 0 Å². The van der Waals surface area contributed by atoms with Gasteiger partial charge < -0.3 is 5.32 Å². The minimum Gasteiger partial charge on any atom is -0.315 e. The molecule has 20 heavy (non-hydrogen) atoms. The lowest BCUT2D eigenvalue weighted by atomic mass is 9.96. The van der Waals surface area contributed by atoms with Crippen LogP contribution < -0.4 is 14.8 Å². The molecular formula is C10H24ClN3O4S2. The van der Waals surface area contributed by atoms with E-state index in [1.165, 1.54) is 6.92 Å². The van der Waals surface area contributed by atoms with Crippen molar-refractivity contribution in [2.45, 2.75) is 26.3 Å². The van der Waals surface area contributed by atoms with Crippen LogP contribution in [0.5, 0.6) is 0 Å². The van der Waals surface area contributed by atoms with Crippen molar-refractivity contribution in [1.29, 1.82) is 0 Å². The van der Waals surface area contributed by atoms with Crippen molar-refractivity contribution in [3.05, 3.63) is 0 Å². The van der Waals surface area contributed by atoms with Crippen LogP contribution in [0.25, 0.3) is 0 Å². The predicted molar refractivity (Wildman–Crippen MR) is 82.1 cm³/mol. The Hall–Kier alpha value is 0.0700. The second kappa shape index (κ2) is 8.50. The molecule has 1 saturated heterocycles. The molecule has 0 bridgehead atoms. The maximum Gasteiger partial charge on any atom is 0.213 e. The Kier molecular flexibility index (Phi) is 8.53. The second-order valence-electron chi connectivity index (χ2n) is 4.81. The molecule has 7 nitrogen and oxygen atoms in total. The summed E-state index contributed by atoms with van der Waals surface area (Å²) >= 11 is 0. The van der Waals surface area contributed by atoms with Gasteiger partial charge in [-0.3, -0.25) is 0 Å². The summed E-state index contributed by atoms with van der Waals surface area (Å²) in [5.41, 5.74) is 0. The van der Waals surface area contributed by atoms with Crippen molar-refractivity contribution in [1.82, 2.24) is 14.8 Å². The lowest BCUT2D eigenvalue weighted by Gasteiger charge is -2.29. The van der Waals surface area contributed by atoms with Crippen LogP contribution in [0.1, 0.15) is 20.3 Å². The van der Waals surface area contributed by atoms with E-state index in [0.29, 0.717) is 6.54 Å². The summed E-state index contributed by atoms with van der Waals surface area (Å²) < 4.78 is 50.9. The molecule has 10 heteroatoms. The van der Waals surface area contributed by atoms with E-state index in [9.17, 15) is 16.8 Å². The smallest absolute Gasteiger partial charge is 0.213 e. The van der Waals surface area contributed by atoms with Crippen LogP contribution in [0.2, 0.25) is 0 Å². The largest absolute Gasteiger partial charge is 0.315 e. The Balaban J connectivity index is 0.00000361. The third kappa shape index (κ3) is 7.19. The average Bonchev–Trinajstić information content (AvgIpc) is 2.31. The van der Waals surface area contributed by atoms with E-state index in [-0.39, 0.29) is 42.4 Å². The highest BCUT2D eigenvalue weighted by molar-refractivity contribution is 7.90. The average molecular weight is 350 g/mol. The fraction of sp³-hybridized carbons (Fsp3) is 1.00. The van der Waals surface area contributed by atoms with Gasteiger partial charge in [-0.1, -0.05) is 6.92 Å². The molecule has 0 amide bonds. The highest BCUT2D eigenvalue weighted by Crippen LogP contribution is 2.12. The van der Waals surface area contributed by atoms with E-state index in [0.717, 1.165) is 13.0 Å².